The maximum absolute atomic E-state index is 6.33. The Morgan fingerprint density at radius 2 is 1.76 bits per heavy atom. The summed E-state index contributed by atoms with van der Waals surface area (Å²) in [4.78, 5) is 2.56. The summed E-state index contributed by atoms with van der Waals surface area (Å²) in [5, 5.41) is 6.11. The number of para-hydroxylation sites is 1. The summed E-state index contributed by atoms with van der Waals surface area (Å²) in [7, 11) is 0. The average molecular weight is 330 g/mol. The third kappa shape index (κ3) is 2.85. The van der Waals surface area contributed by atoms with E-state index in [2.05, 4.69) is 76.9 Å². The van der Waals surface area contributed by atoms with Crippen molar-refractivity contribution in [2.45, 2.75) is 25.1 Å². The molecule has 1 fully saturated rings. The summed E-state index contributed by atoms with van der Waals surface area (Å²) >= 11 is 0. The standard InChI is InChI=1S/C22H22N2O/c1-2-6-17-11-20(10-9-16(17)5-1)25-21-12-19-13-23-22-8-4-3-7-18(22)14-24(19)15-21/h1-11,19,21,23H,12-15H2/t19-,21-/m0/s1. The van der Waals surface area contributed by atoms with Gasteiger partial charge in [-0.1, -0.05) is 48.5 Å². The van der Waals surface area contributed by atoms with Gasteiger partial charge in [-0.25, -0.2) is 0 Å². The molecule has 0 spiro atoms. The molecule has 3 aromatic rings. The first kappa shape index (κ1) is 14.8. The molecule has 126 valence electrons. The second-order valence-corrected chi connectivity index (χ2v) is 7.11. The van der Waals surface area contributed by atoms with Crippen LogP contribution in [0.1, 0.15) is 12.0 Å². The topological polar surface area (TPSA) is 24.5 Å². The maximum Gasteiger partial charge on any atom is 0.120 e. The Kier molecular flexibility index (Phi) is 3.60. The first-order valence-electron chi connectivity index (χ1n) is 9.06. The van der Waals surface area contributed by atoms with Crippen LogP contribution in [-0.2, 0) is 6.54 Å². The molecule has 0 saturated carbocycles. The number of nitrogens with one attached hydrogen (secondary N) is 1. The van der Waals surface area contributed by atoms with E-state index in [0.29, 0.717) is 6.04 Å². The lowest BCUT2D eigenvalue weighted by molar-refractivity contribution is 0.195. The summed E-state index contributed by atoms with van der Waals surface area (Å²) in [6.07, 6.45) is 1.34. The van der Waals surface area contributed by atoms with Crippen molar-refractivity contribution in [3.8, 4) is 5.75 Å². The smallest absolute Gasteiger partial charge is 0.120 e. The summed E-state index contributed by atoms with van der Waals surface area (Å²) in [6.45, 7) is 2.99. The van der Waals surface area contributed by atoms with Gasteiger partial charge in [0.25, 0.3) is 0 Å². The van der Waals surface area contributed by atoms with Gasteiger partial charge in [-0.2, -0.15) is 0 Å². The lowest BCUT2D eigenvalue weighted by atomic mass is 10.1. The average Bonchev–Trinajstić information content (AvgIpc) is 2.93. The molecule has 0 unspecified atom stereocenters. The summed E-state index contributed by atoms with van der Waals surface area (Å²) in [5.41, 5.74) is 2.67. The predicted octanol–water partition coefficient (Wildman–Crippen LogP) is 4.29. The van der Waals surface area contributed by atoms with Gasteiger partial charge in [0.2, 0.25) is 0 Å². The molecule has 25 heavy (non-hydrogen) atoms. The van der Waals surface area contributed by atoms with Gasteiger partial charge in [0.05, 0.1) is 0 Å². The Morgan fingerprint density at radius 1 is 0.920 bits per heavy atom. The van der Waals surface area contributed by atoms with E-state index in [1.807, 2.05) is 0 Å². The highest BCUT2D eigenvalue weighted by Crippen LogP contribution is 2.30. The Balaban J connectivity index is 1.32. The lowest BCUT2D eigenvalue weighted by Crippen LogP contribution is -2.32. The van der Waals surface area contributed by atoms with Crippen molar-refractivity contribution < 1.29 is 4.74 Å². The fourth-order valence-electron chi connectivity index (χ4n) is 4.14. The van der Waals surface area contributed by atoms with Crippen molar-refractivity contribution in [1.82, 2.24) is 4.90 Å². The van der Waals surface area contributed by atoms with Crippen molar-refractivity contribution in [2.24, 2.45) is 0 Å². The molecule has 0 radical (unpaired) electrons. The molecule has 5 rings (SSSR count). The van der Waals surface area contributed by atoms with Crippen molar-refractivity contribution in [3.63, 3.8) is 0 Å². The molecule has 2 heterocycles. The van der Waals surface area contributed by atoms with Crippen molar-refractivity contribution >= 4 is 16.5 Å². The SMILES string of the molecule is c1ccc2c(c1)CN1C[C@@H](Oc3ccc4ccccc4c3)C[C@H]1CN2. The summed E-state index contributed by atoms with van der Waals surface area (Å²) in [5.74, 6) is 0.981. The molecule has 0 aliphatic carbocycles. The number of rotatable bonds is 2. The zero-order valence-corrected chi connectivity index (χ0v) is 14.2. The van der Waals surface area contributed by atoms with E-state index in [4.69, 9.17) is 4.74 Å². The fraction of sp³-hybridized carbons (Fsp3) is 0.273. The van der Waals surface area contributed by atoms with Gasteiger partial charge in [-0.15, -0.1) is 0 Å². The Hall–Kier alpha value is -2.52. The van der Waals surface area contributed by atoms with E-state index in [-0.39, 0.29) is 6.10 Å². The van der Waals surface area contributed by atoms with Crippen LogP contribution in [0, 0.1) is 0 Å². The Labute approximate surface area is 148 Å². The van der Waals surface area contributed by atoms with Gasteiger partial charge in [-0.05, 0) is 34.5 Å². The number of hydrogen-bond acceptors (Lipinski definition) is 3. The highest BCUT2D eigenvalue weighted by atomic mass is 16.5. The molecular formula is C22H22N2O. The fourth-order valence-corrected chi connectivity index (χ4v) is 4.14. The number of hydrogen-bond donors (Lipinski definition) is 1. The molecule has 2 atom stereocenters. The van der Waals surface area contributed by atoms with Crippen LogP contribution in [0.25, 0.3) is 10.8 Å². The van der Waals surface area contributed by atoms with Crippen LogP contribution < -0.4 is 10.1 Å². The highest BCUT2D eigenvalue weighted by Gasteiger charge is 2.35. The summed E-state index contributed by atoms with van der Waals surface area (Å²) < 4.78 is 6.33. The third-order valence-corrected chi connectivity index (χ3v) is 5.43. The third-order valence-electron chi connectivity index (χ3n) is 5.43. The number of fused-ring (bicyclic) bond motifs is 3. The Bertz CT molecular complexity index is 907. The van der Waals surface area contributed by atoms with Gasteiger partial charge < -0.3 is 10.1 Å². The number of ether oxygens (including phenoxy) is 1. The minimum absolute atomic E-state index is 0.262. The molecule has 0 bridgehead atoms. The number of nitrogens with zero attached hydrogens (tertiary/aromatic N) is 1. The van der Waals surface area contributed by atoms with Crippen LogP contribution in [0.4, 0.5) is 5.69 Å². The first-order valence-corrected chi connectivity index (χ1v) is 9.06. The molecule has 3 aromatic carbocycles. The van der Waals surface area contributed by atoms with Crippen LogP contribution in [0.3, 0.4) is 0 Å². The molecule has 0 amide bonds. The van der Waals surface area contributed by atoms with E-state index in [0.717, 1.165) is 31.8 Å². The largest absolute Gasteiger partial charge is 0.489 e. The normalized spacial score (nSPS) is 22.7. The van der Waals surface area contributed by atoms with Gasteiger partial charge in [0.1, 0.15) is 11.9 Å². The van der Waals surface area contributed by atoms with E-state index >= 15 is 0 Å². The van der Waals surface area contributed by atoms with Crippen molar-refractivity contribution in [1.29, 1.82) is 0 Å². The van der Waals surface area contributed by atoms with Crippen LogP contribution in [0.5, 0.6) is 5.75 Å². The van der Waals surface area contributed by atoms with E-state index in [1.54, 1.807) is 0 Å². The summed E-state index contributed by atoms with van der Waals surface area (Å²) in [6, 6.07) is 24.0. The maximum atomic E-state index is 6.33. The minimum Gasteiger partial charge on any atom is -0.489 e. The molecule has 2 aliphatic rings. The van der Waals surface area contributed by atoms with Gasteiger partial charge in [-0.3, -0.25) is 4.90 Å². The number of benzene rings is 3. The monoisotopic (exact) mass is 330 g/mol. The van der Waals surface area contributed by atoms with Crippen molar-refractivity contribution in [2.75, 3.05) is 18.4 Å². The first-order chi connectivity index (χ1) is 12.3. The molecule has 1 N–H and O–H groups in total. The second-order valence-electron chi connectivity index (χ2n) is 7.11. The lowest BCUT2D eigenvalue weighted by Gasteiger charge is -2.20. The molecule has 3 nitrogen and oxygen atoms in total. The van der Waals surface area contributed by atoms with Gasteiger partial charge >= 0.3 is 0 Å². The second kappa shape index (κ2) is 6.08. The predicted molar refractivity (Wildman–Crippen MR) is 102 cm³/mol. The van der Waals surface area contributed by atoms with E-state index in [9.17, 15) is 0 Å². The van der Waals surface area contributed by atoms with E-state index < -0.39 is 0 Å². The van der Waals surface area contributed by atoms with Crippen LogP contribution in [-0.4, -0.2) is 30.1 Å². The quantitative estimate of drug-likeness (QED) is 0.759. The van der Waals surface area contributed by atoms with Gasteiger partial charge in [0, 0.05) is 37.8 Å². The zero-order chi connectivity index (χ0) is 16.6. The van der Waals surface area contributed by atoms with Crippen LogP contribution in [0.2, 0.25) is 0 Å². The Morgan fingerprint density at radius 3 is 2.72 bits per heavy atom. The molecule has 2 aliphatic heterocycles. The zero-order valence-electron chi connectivity index (χ0n) is 14.2. The van der Waals surface area contributed by atoms with Crippen molar-refractivity contribution in [3.05, 3.63) is 72.3 Å². The number of anilines is 1. The van der Waals surface area contributed by atoms with E-state index in [1.165, 1.54) is 22.0 Å². The highest BCUT2D eigenvalue weighted by molar-refractivity contribution is 5.83. The van der Waals surface area contributed by atoms with Gasteiger partial charge in [0.15, 0.2) is 0 Å². The molecule has 0 aromatic heterocycles. The van der Waals surface area contributed by atoms with Crippen LogP contribution in [0.15, 0.2) is 66.7 Å². The molecular weight excluding hydrogens is 308 g/mol. The minimum atomic E-state index is 0.262. The van der Waals surface area contributed by atoms with Crippen LogP contribution >= 0.6 is 0 Å². The molecule has 3 heteroatoms. The molecule has 1 saturated heterocycles.